The minimum absolute atomic E-state index is 0.109. The van der Waals surface area contributed by atoms with Crippen molar-refractivity contribution in [2.45, 2.75) is 31.3 Å². The van der Waals surface area contributed by atoms with Crippen LogP contribution in [-0.4, -0.2) is 31.2 Å². The standard InChI is InChI=1S/C14H18N2O2/c17-14(15-11-5-7-18-8-6-11)13-9-10-3-1-2-4-12(10)16-13/h1-4,11,13,16H,5-9H2,(H,15,17)/t13-/m0/s1. The number of carbonyl (C=O) groups is 1. The van der Waals surface area contributed by atoms with Gasteiger partial charge in [-0.1, -0.05) is 18.2 Å². The van der Waals surface area contributed by atoms with E-state index in [2.05, 4.69) is 16.7 Å². The SMILES string of the molecule is O=C(NC1CCOCC1)[C@@H]1Cc2ccccc2N1. The van der Waals surface area contributed by atoms with Crippen LogP contribution in [-0.2, 0) is 16.0 Å². The molecule has 0 aromatic heterocycles. The average molecular weight is 246 g/mol. The predicted molar refractivity (Wildman–Crippen MR) is 69.5 cm³/mol. The second-order valence-electron chi connectivity index (χ2n) is 4.95. The molecule has 2 N–H and O–H groups in total. The Kier molecular flexibility index (Phi) is 3.19. The van der Waals surface area contributed by atoms with Crippen LogP contribution in [0.25, 0.3) is 0 Å². The average Bonchev–Trinajstić information content (AvgIpc) is 2.84. The number of hydrogen-bond acceptors (Lipinski definition) is 3. The smallest absolute Gasteiger partial charge is 0.243 e. The van der Waals surface area contributed by atoms with Crippen LogP contribution in [0.4, 0.5) is 5.69 Å². The van der Waals surface area contributed by atoms with Gasteiger partial charge in [-0.15, -0.1) is 0 Å². The van der Waals surface area contributed by atoms with Crippen molar-refractivity contribution in [3.8, 4) is 0 Å². The van der Waals surface area contributed by atoms with Crippen molar-refractivity contribution >= 4 is 11.6 Å². The van der Waals surface area contributed by atoms with E-state index in [1.807, 2.05) is 18.2 Å². The molecule has 1 amide bonds. The summed E-state index contributed by atoms with van der Waals surface area (Å²) in [6.45, 7) is 1.51. The first-order chi connectivity index (χ1) is 8.83. The first-order valence-electron chi connectivity index (χ1n) is 6.55. The molecule has 0 unspecified atom stereocenters. The summed E-state index contributed by atoms with van der Waals surface area (Å²) in [5, 5.41) is 6.39. The van der Waals surface area contributed by atoms with Crippen LogP contribution in [0.2, 0.25) is 0 Å². The van der Waals surface area contributed by atoms with Crippen LogP contribution in [0, 0.1) is 0 Å². The minimum Gasteiger partial charge on any atom is -0.381 e. The van der Waals surface area contributed by atoms with Gasteiger partial charge in [-0.2, -0.15) is 0 Å². The molecular formula is C14H18N2O2. The molecule has 0 spiro atoms. The van der Waals surface area contributed by atoms with Crippen molar-refractivity contribution < 1.29 is 9.53 Å². The maximum Gasteiger partial charge on any atom is 0.243 e. The van der Waals surface area contributed by atoms with E-state index in [0.717, 1.165) is 38.2 Å². The largest absolute Gasteiger partial charge is 0.381 e. The van der Waals surface area contributed by atoms with Gasteiger partial charge in [-0.05, 0) is 24.5 Å². The number of para-hydroxylation sites is 1. The maximum atomic E-state index is 12.2. The summed E-state index contributed by atoms with van der Waals surface area (Å²) in [6.07, 6.45) is 2.63. The van der Waals surface area contributed by atoms with Gasteiger partial charge in [0.15, 0.2) is 0 Å². The second kappa shape index (κ2) is 4.98. The van der Waals surface area contributed by atoms with Crippen LogP contribution in [0.5, 0.6) is 0 Å². The van der Waals surface area contributed by atoms with Crippen molar-refractivity contribution in [1.29, 1.82) is 0 Å². The first kappa shape index (κ1) is 11.5. The lowest BCUT2D eigenvalue weighted by Crippen LogP contribution is -2.45. The number of benzene rings is 1. The zero-order valence-corrected chi connectivity index (χ0v) is 10.3. The van der Waals surface area contributed by atoms with E-state index in [4.69, 9.17) is 4.74 Å². The monoisotopic (exact) mass is 246 g/mol. The van der Waals surface area contributed by atoms with Gasteiger partial charge in [0.05, 0.1) is 0 Å². The summed E-state index contributed by atoms with van der Waals surface area (Å²) in [5.41, 5.74) is 2.31. The molecule has 2 aliphatic rings. The number of anilines is 1. The van der Waals surface area contributed by atoms with E-state index >= 15 is 0 Å². The molecule has 4 heteroatoms. The highest BCUT2D eigenvalue weighted by molar-refractivity contribution is 5.87. The lowest BCUT2D eigenvalue weighted by molar-refractivity contribution is -0.123. The molecule has 1 atom stereocenters. The van der Waals surface area contributed by atoms with Crippen molar-refractivity contribution in [3.05, 3.63) is 29.8 Å². The van der Waals surface area contributed by atoms with E-state index in [9.17, 15) is 4.79 Å². The molecule has 1 saturated heterocycles. The third-order valence-electron chi connectivity index (χ3n) is 3.66. The summed E-state index contributed by atoms with van der Waals surface area (Å²) in [6, 6.07) is 8.26. The van der Waals surface area contributed by atoms with E-state index in [-0.39, 0.29) is 18.0 Å². The van der Waals surface area contributed by atoms with Crippen LogP contribution in [0.15, 0.2) is 24.3 Å². The molecule has 0 radical (unpaired) electrons. The molecule has 96 valence electrons. The van der Waals surface area contributed by atoms with Gasteiger partial charge in [0.25, 0.3) is 0 Å². The first-order valence-corrected chi connectivity index (χ1v) is 6.55. The summed E-state index contributed by atoms with van der Waals surface area (Å²) in [4.78, 5) is 12.2. The zero-order valence-electron chi connectivity index (χ0n) is 10.3. The van der Waals surface area contributed by atoms with Gasteiger partial charge in [0.1, 0.15) is 6.04 Å². The Labute approximate surface area is 107 Å². The fourth-order valence-electron chi connectivity index (χ4n) is 2.60. The summed E-state index contributed by atoms with van der Waals surface area (Å²) >= 11 is 0. The summed E-state index contributed by atoms with van der Waals surface area (Å²) in [7, 11) is 0. The van der Waals surface area contributed by atoms with Crippen LogP contribution >= 0.6 is 0 Å². The van der Waals surface area contributed by atoms with Gasteiger partial charge in [0.2, 0.25) is 5.91 Å². The van der Waals surface area contributed by atoms with Crippen molar-refractivity contribution in [2.24, 2.45) is 0 Å². The number of nitrogens with one attached hydrogen (secondary N) is 2. The topological polar surface area (TPSA) is 50.4 Å². The molecule has 1 aromatic rings. The molecule has 18 heavy (non-hydrogen) atoms. The van der Waals surface area contributed by atoms with Gasteiger partial charge in [0, 0.05) is 31.4 Å². The van der Waals surface area contributed by atoms with Crippen molar-refractivity contribution in [3.63, 3.8) is 0 Å². The minimum atomic E-state index is -0.120. The lowest BCUT2D eigenvalue weighted by Gasteiger charge is -2.24. The Morgan fingerprint density at radius 2 is 2.06 bits per heavy atom. The molecule has 1 fully saturated rings. The number of ether oxygens (including phenoxy) is 1. The highest BCUT2D eigenvalue weighted by atomic mass is 16.5. The molecule has 3 rings (SSSR count). The van der Waals surface area contributed by atoms with Gasteiger partial charge in [-0.25, -0.2) is 0 Å². The predicted octanol–water partition coefficient (Wildman–Crippen LogP) is 1.32. The fourth-order valence-corrected chi connectivity index (χ4v) is 2.60. The molecule has 0 aliphatic carbocycles. The van der Waals surface area contributed by atoms with Crippen LogP contribution in [0.1, 0.15) is 18.4 Å². The van der Waals surface area contributed by atoms with E-state index in [0.29, 0.717) is 0 Å². The van der Waals surface area contributed by atoms with E-state index < -0.39 is 0 Å². The van der Waals surface area contributed by atoms with Crippen LogP contribution < -0.4 is 10.6 Å². The zero-order chi connectivity index (χ0) is 12.4. The molecule has 4 nitrogen and oxygen atoms in total. The molecule has 2 aliphatic heterocycles. The quantitative estimate of drug-likeness (QED) is 0.827. The van der Waals surface area contributed by atoms with E-state index in [1.54, 1.807) is 0 Å². The number of amides is 1. The normalized spacial score (nSPS) is 23.2. The lowest BCUT2D eigenvalue weighted by atomic mass is 10.1. The van der Waals surface area contributed by atoms with Crippen molar-refractivity contribution in [2.75, 3.05) is 18.5 Å². The Balaban J connectivity index is 1.58. The third kappa shape index (κ3) is 2.34. The Morgan fingerprint density at radius 3 is 2.83 bits per heavy atom. The van der Waals surface area contributed by atoms with E-state index in [1.165, 1.54) is 5.56 Å². The fraction of sp³-hybridized carbons (Fsp3) is 0.500. The number of hydrogen-bond donors (Lipinski definition) is 2. The Hall–Kier alpha value is -1.55. The number of carbonyl (C=O) groups excluding carboxylic acids is 1. The van der Waals surface area contributed by atoms with Gasteiger partial charge >= 0.3 is 0 Å². The molecule has 2 heterocycles. The molecular weight excluding hydrogens is 228 g/mol. The summed E-state index contributed by atoms with van der Waals surface area (Å²) < 4.78 is 5.29. The number of fused-ring (bicyclic) bond motifs is 1. The molecule has 0 bridgehead atoms. The highest BCUT2D eigenvalue weighted by Gasteiger charge is 2.28. The van der Waals surface area contributed by atoms with Gasteiger partial charge < -0.3 is 15.4 Å². The Morgan fingerprint density at radius 1 is 1.28 bits per heavy atom. The number of rotatable bonds is 2. The van der Waals surface area contributed by atoms with Crippen molar-refractivity contribution in [1.82, 2.24) is 5.32 Å². The second-order valence-corrected chi connectivity index (χ2v) is 4.95. The molecule has 1 aromatic carbocycles. The summed E-state index contributed by atoms with van der Waals surface area (Å²) in [5.74, 6) is 0.109. The van der Waals surface area contributed by atoms with Gasteiger partial charge in [-0.3, -0.25) is 4.79 Å². The third-order valence-corrected chi connectivity index (χ3v) is 3.66. The maximum absolute atomic E-state index is 12.2. The Bertz CT molecular complexity index is 416. The van der Waals surface area contributed by atoms with Crippen LogP contribution in [0.3, 0.4) is 0 Å². The molecule has 0 saturated carbocycles. The highest BCUT2D eigenvalue weighted by Crippen LogP contribution is 2.25.